The lowest BCUT2D eigenvalue weighted by atomic mass is 10.1. The number of carbonyl (C=O) groups is 2. The molecule has 2 N–H and O–H groups in total. The van der Waals surface area contributed by atoms with Gasteiger partial charge in [-0.3, -0.25) is 4.79 Å². The van der Waals surface area contributed by atoms with Crippen LogP contribution in [0.25, 0.3) is 0 Å². The molecule has 0 aromatic heterocycles. The molecule has 1 aliphatic heterocycles. The zero-order valence-electron chi connectivity index (χ0n) is 10.2. The number of benzene rings is 1. The molecule has 0 saturated carbocycles. The molecule has 1 aliphatic rings. The van der Waals surface area contributed by atoms with Crippen molar-refractivity contribution in [3.8, 4) is 0 Å². The van der Waals surface area contributed by atoms with Crippen LogP contribution in [0, 0.1) is 5.92 Å². The number of urea groups is 1. The fourth-order valence-corrected chi connectivity index (χ4v) is 2.91. The molecule has 1 heterocycles. The Morgan fingerprint density at radius 3 is 2.35 bits per heavy atom. The SMILES string of the molecule is O=C(O)C1CCN(C(=O)Nc2c(Cl)cc(Cl)cc2Cl)C1. The van der Waals surface area contributed by atoms with Gasteiger partial charge in [0.15, 0.2) is 0 Å². The summed E-state index contributed by atoms with van der Waals surface area (Å²) < 4.78 is 0. The summed E-state index contributed by atoms with van der Waals surface area (Å²) in [5.41, 5.74) is 0.265. The van der Waals surface area contributed by atoms with Crippen molar-refractivity contribution in [2.45, 2.75) is 6.42 Å². The van der Waals surface area contributed by atoms with Gasteiger partial charge in [-0.15, -0.1) is 0 Å². The topological polar surface area (TPSA) is 69.6 Å². The van der Waals surface area contributed by atoms with Crippen molar-refractivity contribution >= 4 is 52.5 Å². The van der Waals surface area contributed by atoms with Crippen LogP contribution in [0.1, 0.15) is 6.42 Å². The van der Waals surface area contributed by atoms with E-state index in [1.54, 1.807) is 0 Å². The highest BCUT2D eigenvalue weighted by Gasteiger charge is 2.31. The van der Waals surface area contributed by atoms with Crippen LogP contribution < -0.4 is 5.32 Å². The standard InChI is InChI=1S/C12H11Cl3N2O3/c13-7-3-8(14)10(9(15)4-7)16-12(20)17-2-1-6(5-17)11(18)19/h3-4,6H,1-2,5H2,(H,16,20)(H,18,19). The minimum absolute atomic E-state index is 0.171. The van der Waals surface area contributed by atoms with E-state index in [2.05, 4.69) is 5.32 Å². The van der Waals surface area contributed by atoms with Gasteiger partial charge in [0, 0.05) is 18.1 Å². The van der Waals surface area contributed by atoms with E-state index in [-0.39, 0.29) is 22.3 Å². The molecule has 2 amide bonds. The number of rotatable bonds is 2. The van der Waals surface area contributed by atoms with Crippen molar-refractivity contribution in [1.29, 1.82) is 0 Å². The largest absolute Gasteiger partial charge is 0.481 e. The van der Waals surface area contributed by atoms with Gasteiger partial charge in [-0.2, -0.15) is 0 Å². The second kappa shape index (κ2) is 6.08. The molecule has 1 atom stereocenters. The van der Waals surface area contributed by atoms with Crippen molar-refractivity contribution in [2.75, 3.05) is 18.4 Å². The van der Waals surface area contributed by atoms with Gasteiger partial charge >= 0.3 is 12.0 Å². The minimum Gasteiger partial charge on any atom is -0.481 e. The van der Waals surface area contributed by atoms with Crippen molar-refractivity contribution in [3.05, 3.63) is 27.2 Å². The first-order valence-electron chi connectivity index (χ1n) is 5.81. The number of amides is 2. The number of hydrogen-bond donors (Lipinski definition) is 2. The highest BCUT2D eigenvalue weighted by atomic mass is 35.5. The molecule has 1 aromatic rings. The first-order chi connectivity index (χ1) is 9.38. The molecule has 1 fully saturated rings. The Bertz CT molecular complexity index is 542. The van der Waals surface area contributed by atoms with Gasteiger partial charge in [0.25, 0.3) is 0 Å². The summed E-state index contributed by atoms with van der Waals surface area (Å²) in [6, 6.07) is 2.50. The van der Waals surface area contributed by atoms with Gasteiger partial charge in [0.2, 0.25) is 0 Å². The third-order valence-electron chi connectivity index (χ3n) is 3.06. The second-order valence-corrected chi connectivity index (χ2v) is 5.70. The number of halogens is 3. The van der Waals surface area contributed by atoms with Crippen LogP contribution in [0.2, 0.25) is 15.1 Å². The van der Waals surface area contributed by atoms with E-state index in [0.29, 0.717) is 18.0 Å². The lowest BCUT2D eigenvalue weighted by molar-refractivity contribution is -0.141. The number of likely N-dealkylation sites (tertiary alicyclic amines) is 1. The summed E-state index contributed by atoms with van der Waals surface area (Å²) in [6.07, 6.45) is 0.435. The summed E-state index contributed by atoms with van der Waals surface area (Å²) in [5, 5.41) is 12.3. The Balaban J connectivity index is 2.08. The van der Waals surface area contributed by atoms with Gasteiger partial charge < -0.3 is 15.3 Å². The van der Waals surface area contributed by atoms with Crippen molar-refractivity contribution in [3.63, 3.8) is 0 Å². The maximum atomic E-state index is 12.0. The van der Waals surface area contributed by atoms with E-state index in [0.717, 1.165) is 0 Å². The Labute approximate surface area is 130 Å². The monoisotopic (exact) mass is 336 g/mol. The molecule has 1 aromatic carbocycles. The molecule has 0 bridgehead atoms. The number of nitrogens with one attached hydrogen (secondary N) is 1. The van der Waals surface area contributed by atoms with Gasteiger partial charge in [0.1, 0.15) is 0 Å². The molecule has 1 saturated heterocycles. The highest BCUT2D eigenvalue weighted by Crippen LogP contribution is 2.34. The number of carbonyl (C=O) groups excluding carboxylic acids is 1. The fourth-order valence-electron chi connectivity index (χ4n) is 1.99. The van der Waals surface area contributed by atoms with Gasteiger partial charge in [0.05, 0.1) is 21.7 Å². The molecule has 0 spiro atoms. The van der Waals surface area contributed by atoms with Crippen LogP contribution in [0.15, 0.2) is 12.1 Å². The Kier molecular flexibility index (Phi) is 4.62. The van der Waals surface area contributed by atoms with E-state index in [4.69, 9.17) is 39.9 Å². The fraction of sp³-hybridized carbons (Fsp3) is 0.333. The van der Waals surface area contributed by atoms with Crippen LogP contribution in [0.3, 0.4) is 0 Å². The molecule has 2 rings (SSSR count). The molecule has 1 unspecified atom stereocenters. The lowest BCUT2D eigenvalue weighted by Crippen LogP contribution is -2.34. The number of anilines is 1. The third kappa shape index (κ3) is 3.29. The normalized spacial score (nSPS) is 18.1. The van der Waals surface area contributed by atoms with Crippen LogP contribution >= 0.6 is 34.8 Å². The molecule has 20 heavy (non-hydrogen) atoms. The third-order valence-corrected chi connectivity index (χ3v) is 3.88. The van der Waals surface area contributed by atoms with Crippen molar-refractivity contribution in [2.24, 2.45) is 5.92 Å². The average Bonchev–Trinajstić information content (AvgIpc) is 2.83. The van der Waals surface area contributed by atoms with E-state index < -0.39 is 17.9 Å². The zero-order chi connectivity index (χ0) is 14.9. The highest BCUT2D eigenvalue weighted by molar-refractivity contribution is 6.42. The first-order valence-corrected chi connectivity index (χ1v) is 6.95. The summed E-state index contributed by atoms with van der Waals surface area (Å²) in [4.78, 5) is 24.3. The number of nitrogens with zero attached hydrogens (tertiary/aromatic N) is 1. The van der Waals surface area contributed by atoms with Crippen LogP contribution in [0.4, 0.5) is 10.5 Å². The summed E-state index contributed by atoms with van der Waals surface area (Å²) >= 11 is 17.7. The average molecular weight is 338 g/mol. The number of aliphatic carboxylic acids is 1. The Morgan fingerprint density at radius 2 is 1.85 bits per heavy atom. The Hall–Kier alpha value is -1.17. The predicted octanol–water partition coefficient (Wildman–Crippen LogP) is 3.59. The molecular formula is C12H11Cl3N2O3. The second-order valence-electron chi connectivity index (χ2n) is 4.44. The molecule has 0 aliphatic carbocycles. The predicted molar refractivity (Wildman–Crippen MR) is 77.8 cm³/mol. The molecule has 108 valence electrons. The molecule has 5 nitrogen and oxygen atoms in total. The number of hydrogen-bond acceptors (Lipinski definition) is 2. The molecule has 0 radical (unpaired) electrons. The summed E-state index contributed by atoms with van der Waals surface area (Å²) in [7, 11) is 0. The summed E-state index contributed by atoms with van der Waals surface area (Å²) in [5.74, 6) is -1.43. The maximum absolute atomic E-state index is 12.0. The van der Waals surface area contributed by atoms with Crippen molar-refractivity contribution < 1.29 is 14.7 Å². The van der Waals surface area contributed by atoms with Gasteiger partial charge in [-0.1, -0.05) is 34.8 Å². The van der Waals surface area contributed by atoms with Gasteiger partial charge in [-0.25, -0.2) is 4.79 Å². The van der Waals surface area contributed by atoms with Crippen LogP contribution in [-0.2, 0) is 4.79 Å². The first kappa shape index (κ1) is 15.2. The molecular weight excluding hydrogens is 327 g/mol. The quantitative estimate of drug-likeness (QED) is 0.866. The van der Waals surface area contributed by atoms with E-state index in [9.17, 15) is 9.59 Å². The van der Waals surface area contributed by atoms with Crippen LogP contribution in [-0.4, -0.2) is 35.1 Å². The lowest BCUT2D eigenvalue weighted by Gasteiger charge is -2.18. The Morgan fingerprint density at radius 1 is 1.25 bits per heavy atom. The van der Waals surface area contributed by atoms with E-state index in [1.807, 2.05) is 0 Å². The molecule has 8 heteroatoms. The smallest absolute Gasteiger partial charge is 0.321 e. The van der Waals surface area contributed by atoms with E-state index >= 15 is 0 Å². The van der Waals surface area contributed by atoms with Crippen molar-refractivity contribution in [1.82, 2.24) is 4.90 Å². The minimum atomic E-state index is -0.900. The zero-order valence-corrected chi connectivity index (χ0v) is 12.5. The van der Waals surface area contributed by atoms with Crippen LogP contribution in [0.5, 0.6) is 0 Å². The summed E-state index contributed by atoms with van der Waals surface area (Å²) in [6.45, 7) is 0.551. The number of carboxylic acid groups (broad SMARTS) is 1. The van der Waals surface area contributed by atoms with E-state index in [1.165, 1.54) is 17.0 Å². The van der Waals surface area contributed by atoms with Gasteiger partial charge in [-0.05, 0) is 18.6 Å². The number of carboxylic acids is 1. The maximum Gasteiger partial charge on any atom is 0.321 e.